The van der Waals surface area contributed by atoms with Gasteiger partial charge in [0, 0.05) is 6.07 Å². The summed E-state index contributed by atoms with van der Waals surface area (Å²) in [6, 6.07) is 10.8. The van der Waals surface area contributed by atoms with Crippen molar-refractivity contribution >= 4 is 10.9 Å². The molecule has 0 aliphatic heterocycles. The molecule has 0 unspecified atom stereocenters. The Labute approximate surface area is 118 Å². The van der Waals surface area contributed by atoms with Crippen molar-refractivity contribution in [2.45, 2.75) is 0 Å². The smallest absolute Gasteiger partial charge is 0.333 e. The van der Waals surface area contributed by atoms with Gasteiger partial charge in [-0.15, -0.1) is 0 Å². The Bertz CT molecular complexity index is 940. The lowest BCUT2D eigenvalue weighted by Crippen LogP contribution is -2.33. The summed E-state index contributed by atoms with van der Waals surface area (Å²) in [5, 5.41) is 9.83. The maximum absolute atomic E-state index is 12.5. The molecular formula is C15H12N2O4. The number of hydrogen-bond acceptors (Lipinski definition) is 4. The van der Waals surface area contributed by atoms with Crippen LogP contribution in [0.1, 0.15) is 0 Å². The Morgan fingerprint density at radius 2 is 1.95 bits per heavy atom. The van der Waals surface area contributed by atoms with Gasteiger partial charge in [-0.05, 0) is 30.3 Å². The van der Waals surface area contributed by atoms with Gasteiger partial charge in [-0.25, -0.2) is 9.36 Å². The van der Waals surface area contributed by atoms with Gasteiger partial charge in [0.05, 0.1) is 23.7 Å². The summed E-state index contributed by atoms with van der Waals surface area (Å²) >= 11 is 0. The van der Waals surface area contributed by atoms with Crippen LogP contribution in [0.5, 0.6) is 11.5 Å². The number of fused-ring (bicyclic) bond motifs is 1. The standard InChI is InChI=1S/C15H12N2O4/c1-21-11-5-6-13-12(8-11)14(19)17(15(20)16-13)9-3-2-4-10(18)7-9/h2-8,18H,1H3,(H,16,20). The van der Waals surface area contributed by atoms with Crippen LogP contribution in [-0.2, 0) is 0 Å². The van der Waals surface area contributed by atoms with Crippen LogP contribution >= 0.6 is 0 Å². The fourth-order valence-corrected chi connectivity index (χ4v) is 2.19. The highest BCUT2D eigenvalue weighted by atomic mass is 16.5. The van der Waals surface area contributed by atoms with Gasteiger partial charge in [0.2, 0.25) is 0 Å². The van der Waals surface area contributed by atoms with E-state index in [1.54, 1.807) is 30.3 Å². The third kappa shape index (κ3) is 2.16. The number of hydrogen-bond donors (Lipinski definition) is 2. The van der Waals surface area contributed by atoms with E-state index in [4.69, 9.17) is 4.74 Å². The van der Waals surface area contributed by atoms with E-state index in [2.05, 4.69) is 4.98 Å². The summed E-state index contributed by atoms with van der Waals surface area (Å²) in [6.07, 6.45) is 0. The Morgan fingerprint density at radius 3 is 2.67 bits per heavy atom. The summed E-state index contributed by atoms with van der Waals surface area (Å²) in [7, 11) is 1.50. The van der Waals surface area contributed by atoms with Crippen LogP contribution in [0.3, 0.4) is 0 Å². The minimum Gasteiger partial charge on any atom is -0.508 e. The quantitative estimate of drug-likeness (QED) is 0.745. The molecule has 3 aromatic rings. The second-order valence-electron chi connectivity index (χ2n) is 4.50. The zero-order chi connectivity index (χ0) is 15.0. The van der Waals surface area contributed by atoms with Crippen molar-refractivity contribution in [2.24, 2.45) is 0 Å². The fraction of sp³-hybridized carbons (Fsp3) is 0.0667. The lowest BCUT2D eigenvalue weighted by Gasteiger charge is -2.07. The lowest BCUT2D eigenvalue weighted by molar-refractivity contribution is 0.415. The van der Waals surface area contributed by atoms with Gasteiger partial charge in [-0.1, -0.05) is 6.07 Å². The average molecular weight is 284 g/mol. The molecular weight excluding hydrogens is 272 g/mol. The molecule has 0 saturated carbocycles. The number of H-pyrrole nitrogens is 1. The molecule has 0 saturated heterocycles. The van der Waals surface area contributed by atoms with E-state index in [9.17, 15) is 14.7 Å². The number of rotatable bonds is 2. The maximum atomic E-state index is 12.5. The maximum Gasteiger partial charge on any atom is 0.333 e. The molecule has 6 heteroatoms. The summed E-state index contributed by atoms with van der Waals surface area (Å²) in [6.45, 7) is 0. The first-order valence-electron chi connectivity index (χ1n) is 6.22. The van der Waals surface area contributed by atoms with Crippen LogP contribution in [0.25, 0.3) is 16.6 Å². The number of nitrogens with zero attached hydrogens (tertiary/aromatic N) is 1. The van der Waals surface area contributed by atoms with Crippen molar-refractivity contribution in [3.63, 3.8) is 0 Å². The third-order valence-corrected chi connectivity index (χ3v) is 3.19. The van der Waals surface area contributed by atoms with E-state index >= 15 is 0 Å². The van der Waals surface area contributed by atoms with Crippen molar-refractivity contribution in [3.8, 4) is 17.2 Å². The summed E-state index contributed by atoms with van der Waals surface area (Å²) in [4.78, 5) is 27.3. The van der Waals surface area contributed by atoms with Gasteiger partial charge in [0.25, 0.3) is 5.56 Å². The SMILES string of the molecule is COc1ccc2[nH]c(=O)n(-c3cccc(O)c3)c(=O)c2c1. The topological polar surface area (TPSA) is 84.3 Å². The molecule has 1 aromatic heterocycles. The van der Waals surface area contributed by atoms with Crippen molar-refractivity contribution in [1.29, 1.82) is 0 Å². The predicted molar refractivity (Wildman–Crippen MR) is 78.4 cm³/mol. The number of aromatic hydroxyl groups is 1. The molecule has 21 heavy (non-hydrogen) atoms. The second-order valence-corrected chi connectivity index (χ2v) is 4.50. The molecule has 0 spiro atoms. The van der Waals surface area contributed by atoms with Gasteiger partial charge in [-0.3, -0.25) is 4.79 Å². The number of benzene rings is 2. The minimum atomic E-state index is -0.566. The Balaban J connectivity index is 2.38. The van der Waals surface area contributed by atoms with E-state index in [0.29, 0.717) is 22.3 Å². The molecule has 0 fully saturated rings. The molecule has 2 aromatic carbocycles. The number of aromatic nitrogens is 2. The molecule has 0 atom stereocenters. The number of aromatic amines is 1. The van der Waals surface area contributed by atoms with E-state index in [0.717, 1.165) is 4.57 Å². The van der Waals surface area contributed by atoms with Crippen molar-refractivity contribution in [3.05, 3.63) is 63.3 Å². The minimum absolute atomic E-state index is 0.0236. The summed E-state index contributed by atoms with van der Waals surface area (Å²) in [5.41, 5.74) is -0.310. The monoisotopic (exact) mass is 284 g/mol. The Hall–Kier alpha value is -3.02. The molecule has 0 aliphatic carbocycles. The first-order valence-corrected chi connectivity index (χ1v) is 6.22. The zero-order valence-electron chi connectivity index (χ0n) is 11.2. The Morgan fingerprint density at radius 1 is 1.14 bits per heavy atom. The normalized spacial score (nSPS) is 10.7. The number of nitrogens with one attached hydrogen (secondary N) is 1. The third-order valence-electron chi connectivity index (χ3n) is 3.19. The molecule has 0 aliphatic rings. The first kappa shape index (κ1) is 13.0. The molecule has 1 heterocycles. The number of methoxy groups -OCH3 is 1. The van der Waals surface area contributed by atoms with Gasteiger partial charge in [0.15, 0.2) is 0 Å². The molecule has 0 bridgehead atoms. The second kappa shape index (κ2) is 4.82. The highest BCUT2D eigenvalue weighted by molar-refractivity contribution is 5.79. The van der Waals surface area contributed by atoms with Crippen molar-refractivity contribution in [2.75, 3.05) is 7.11 Å². The molecule has 106 valence electrons. The molecule has 0 amide bonds. The molecule has 3 rings (SSSR count). The summed E-state index contributed by atoms with van der Waals surface area (Å²) in [5.74, 6) is 0.499. The van der Waals surface area contributed by atoms with Crippen LogP contribution < -0.4 is 16.0 Å². The van der Waals surface area contributed by atoms with Crippen LogP contribution in [0, 0.1) is 0 Å². The van der Waals surface area contributed by atoms with Gasteiger partial charge in [-0.2, -0.15) is 0 Å². The van der Waals surface area contributed by atoms with Crippen LogP contribution in [0.2, 0.25) is 0 Å². The van der Waals surface area contributed by atoms with E-state index in [1.807, 2.05) is 0 Å². The van der Waals surface area contributed by atoms with Gasteiger partial charge >= 0.3 is 5.69 Å². The fourth-order valence-electron chi connectivity index (χ4n) is 2.19. The highest BCUT2D eigenvalue weighted by Crippen LogP contribution is 2.17. The lowest BCUT2D eigenvalue weighted by atomic mass is 10.2. The molecule has 6 nitrogen and oxygen atoms in total. The largest absolute Gasteiger partial charge is 0.508 e. The van der Waals surface area contributed by atoms with Crippen LogP contribution in [0.4, 0.5) is 0 Å². The first-order chi connectivity index (χ1) is 10.1. The summed E-state index contributed by atoms with van der Waals surface area (Å²) < 4.78 is 6.07. The number of phenolic OH excluding ortho intramolecular Hbond substituents is 1. The average Bonchev–Trinajstić information content (AvgIpc) is 2.47. The number of ether oxygens (including phenoxy) is 1. The van der Waals surface area contributed by atoms with E-state index in [-0.39, 0.29) is 5.75 Å². The molecule has 2 N–H and O–H groups in total. The van der Waals surface area contributed by atoms with Gasteiger partial charge in [0.1, 0.15) is 11.5 Å². The predicted octanol–water partition coefficient (Wildman–Crippen LogP) is 1.39. The van der Waals surface area contributed by atoms with Crippen molar-refractivity contribution < 1.29 is 9.84 Å². The molecule has 0 radical (unpaired) electrons. The van der Waals surface area contributed by atoms with Crippen LogP contribution in [-0.4, -0.2) is 21.8 Å². The Kier molecular flexibility index (Phi) is 2.98. The van der Waals surface area contributed by atoms with Gasteiger partial charge < -0.3 is 14.8 Å². The van der Waals surface area contributed by atoms with Crippen molar-refractivity contribution in [1.82, 2.24) is 9.55 Å². The number of phenols is 1. The zero-order valence-corrected chi connectivity index (χ0v) is 11.2. The van der Waals surface area contributed by atoms with E-state index < -0.39 is 11.2 Å². The highest BCUT2D eigenvalue weighted by Gasteiger charge is 2.10. The van der Waals surface area contributed by atoms with E-state index in [1.165, 1.54) is 19.2 Å². The van der Waals surface area contributed by atoms with Crippen LogP contribution in [0.15, 0.2) is 52.1 Å².